The number of amides is 4. The predicted molar refractivity (Wildman–Crippen MR) is 489 cm³/mol. The normalized spacial score (nSPS) is 23.0. The summed E-state index contributed by atoms with van der Waals surface area (Å²) in [4.78, 5) is 128. The zero-order valence-corrected chi connectivity index (χ0v) is 75.4. The highest BCUT2D eigenvalue weighted by atomic mass is 35.5. The zero-order valence-electron chi connectivity index (χ0n) is 73.9. The molecule has 8 aliphatic rings. The number of phenolic OH excluding ortho intramolecular Hbond substituents is 8. The Balaban J connectivity index is 0.000000195. The van der Waals surface area contributed by atoms with Crippen molar-refractivity contribution in [1.82, 2.24) is 19.6 Å². The number of hydrogen-bond donors (Lipinski definition) is 8. The highest BCUT2D eigenvalue weighted by molar-refractivity contribution is 6.34. The Morgan fingerprint density at radius 2 is 0.569 bits per heavy atom. The van der Waals surface area contributed by atoms with Gasteiger partial charge in [-0.3, -0.25) is 19.2 Å². The Hall–Kier alpha value is -12.6. The number of ether oxygens (including phenoxy) is 4. The van der Waals surface area contributed by atoms with E-state index in [0.29, 0.717) is 73.0 Å². The molecule has 34 heteroatoms. The Labute approximate surface area is 766 Å². The number of aromatic hydroxyl groups is 8. The number of allylic oxidation sites excluding steroid dienone is 12. The highest BCUT2D eigenvalue weighted by Crippen LogP contribution is 2.40. The maximum absolute atomic E-state index is 12.7. The van der Waals surface area contributed by atoms with Crippen molar-refractivity contribution in [3.05, 3.63) is 188 Å². The van der Waals surface area contributed by atoms with Crippen LogP contribution in [0, 0.1) is 23.7 Å². The van der Waals surface area contributed by atoms with E-state index in [9.17, 15) is 79.2 Å². The first-order valence-electron chi connectivity index (χ1n) is 44.0. The van der Waals surface area contributed by atoms with Crippen LogP contribution in [0.4, 0.5) is 0 Å². The molecule has 0 saturated carbocycles. The van der Waals surface area contributed by atoms with Crippen LogP contribution in [0.15, 0.2) is 154 Å². The van der Waals surface area contributed by atoms with Crippen molar-refractivity contribution in [1.29, 1.82) is 0 Å². The summed E-state index contributed by atoms with van der Waals surface area (Å²) < 4.78 is 21.0. The lowest BCUT2D eigenvalue weighted by molar-refractivity contribution is -0.137. The number of rotatable bonds is 12. The van der Waals surface area contributed by atoms with Gasteiger partial charge in [0, 0.05) is 102 Å². The van der Waals surface area contributed by atoms with Crippen LogP contribution in [0.2, 0.25) is 10.0 Å². The number of fused-ring (bicyclic) bond motifs is 4. The average Bonchev–Trinajstić information content (AvgIpc) is 0.868. The summed E-state index contributed by atoms with van der Waals surface area (Å²) in [5.41, 5.74) is 2.29. The number of benzene rings is 4. The van der Waals surface area contributed by atoms with Gasteiger partial charge in [-0.1, -0.05) is 144 Å². The number of esters is 4. The molecule has 4 fully saturated rings. The molecule has 8 aliphatic heterocycles. The van der Waals surface area contributed by atoms with Gasteiger partial charge in [0.25, 0.3) is 23.6 Å². The summed E-state index contributed by atoms with van der Waals surface area (Å²) in [6.07, 6.45) is 44.8. The molecule has 4 amide bonds. The minimum absolute atomic E-state index is 0.0263. The fourth-order valence-corrected chi connectivity index (χ4v) is 15.5. The molecule has 4 aromatic carbocycles. The lowest BCUT2D eigenvalue weighted by atomic mass is 9.99. The highest BCUT2D eigenvalue weighted by Gasteiger charge is 2.30. The number of likely N-dealkylation sites (tertiary alicyclic amines) is 4. The molecular formula is C96H118Cl2N8O24. The van der Waals surface area contributed by atoms with Gasteiger partial charge in [-0.25, -0.2) is 19.2 Å². The molecule has 12 rings (SSSR count). The van der Waals surface area contributed by atoms with E-state index in [1.807, 2.05) is 76.3 Å². The summed E-state index contributed by atoms with van der Waals surface area (Å²) in [5.74, 6) is -5.38. The summed E-state index contributed by atoms with van der Waals surface area (Å²) >= 11 is 12.6. The second kappa shape index (κ2) is 52.8. The van der Waals surface area contributed by atoms with E-state index in [0.717, 1.165) is 140 Å². The van der Waals surface area contributed by atoms with Crippen LogP contribution in [0.3, 0.4) is 0 Å². The van der Waals surface area contributed by atoms with Gasteiger partial charge in [0.15, 0.2) is 26.4 Å². The number of nitrogens with zero attached hydrogens (tertiary/aromatic N) is 8. The topological polar surface area (TPSA) is 435 Å². The minimum atomic E-state index is -0.773. The second-order valence-corrected chi connectivity index (χ2v) is 33.4. The van der Waals surface area contributed by atoms with Crippen LogP contribution in [0.5, 0.6) is 46.0 Å². The third kappa shape index (κ3) is 32.6. The Morgan fingerprint density at radius 1 is 0.331 bits per heavy atom. The SMILES string of the molecule is CC1/C=C/COC(=O)c2c(O)cc(O)c(Cl)c2CC(=N/OCC(=O)N2CCCCC2)/C=C/C1.CC1/C=C/COC(=O)c2c(O)cc(O)c(Cl)c2CC(=N\OCC(=O)N2CCCCC2)/C=C/C1.CC1/C=C/COC(=O)c2c(O)cc(O)cc2CC(=N/OCC(=O)N2CCCCC2)/C=C/C1.CC1/C=C/COC(=O)c2c(O)cc(O)cc2CC(=N\OCC(=O)N2CCCCC2)/C=C/C1. The van der Waals surface area contributed by atoms with Crippen molar-refractivity contribution in [3.63, 3.8) is 0 Å². The van der Waals surface area contributed by atoms with Gasteiger partial charge in [0.05, 0.1) is 32.9 Å². The predicted octanol–water partition coefficient (Wildman–Crippen LogP) is 14.6. The van der Waals surface area contributed by atoms with Gasteiger partial charge in [-0.2, -0.15) is 0 Å². The largest absolute Gasteiger partial charge is 0.508 e. The van der Waals surface area contributed by atoms with E-state index in [1.165, 1.54) is 12.1 Å². The van der Waals surface area contributed by atoms with Crippen LogP contribution < -0.4 is 0 Å². The minimum Gasteiger partial charge on any atom is -0.508 e. The fourth-order valence-electron chi connectivity index (χ4n) is 15.0. The molecule has 700 valence electrons. The smallest absolute Gasteiger partial charge is 0.342 e. The van der Waals surface area contributed by atoms with E-state index >= 15 is 0 Å². The average molecular weight is 1840 g/mol. The molecule has 0 aliphatic carbocycles. The van der Waals surface area contributed by atoms with E-state index in [-0.39, 0.29) is 204 Å². The van der Waals surface area contributed by atoms with Crippen LogP contribution >= 0.6 is 23.2 Å². The Morgan fingerprint density at radius 3 is 0.831 bits per heavy atom. The molecule has 0 bridgehead atoms. The lowest BCUT2D eigenvalue weighted by Gasteiger charge is -2.26. The van der Waals surface area contributed by atoms with Crippen LogP contribution in [-0.4, -0.2) is 236 Å². The van der Waals surface area contributed by atoms with E-state index < -0.39 is 35.4 Å². The first-order chi connectivity index (χ1) is 62.6. The number of oxime groups is 4. The van der Waals surface area contributed by atoms with Gasteiger partial charge in [-0.05, 0) is 185 Å². The van der Waals surface area contributed by atoms with Crippen LogP contribution in [0.1, 0.15) is 194 Å². The molecule has 0 spiro atoms. The van der Waals surface area contributed by atoms with Crippen molar-refractivity contribution < 1.29 is 118 Å². The summed E-state index contributed by atoms with van der Waals surface area (Å²) in [7, 11) is 0. The first kappa shape index (κ1) is 101. The molecule has 8 heterocycles. The number of cyclic esters (lactones) is 4. The molecule has 4 unspecified atom stereocenters. The number of halogens is 2. The number of carbonyl (C=O) groups excluding carboxylic acids is 8. The van der Waals surface area contributed by atoms with Gasteiger partial charge >= 0.3 is 23.9 Å². The van der Waals surface area contributed by atoms with Gasteiger partial charge in [-0.15, -0.1) is 0 Å². The van der Waals surface area contributed by atoms with E-state index in [1.54, 1.807) is 68.2 Å². The van der Waals surface area contributed by atoms with Crippen molar-refractivity contribution in [2.24, 2.45) is 44.3 Å². The quantitative estimate of drug-likeness (QED) is 0.0283. The molecule has 4 aromatic rings. The van der Waals surface area contributed by atoms with Crippen molar-refractivity contribution in [3.8, 4) is 46.0 Å². The molecule has 4 saturated heterocycles. The number of hydrogen-bond acceptors (Lipinski definition) is 28. The second-order valence-electron chi connectivity index (χ2n) is 32.6. The Bertz CT molecular complexity index is 4680. The number of carbonyl (C=O) groups is 8. The standard InChI is InChI=1S/2C24H29ClN2O6.2C24H30N2O6/c2*1-16-7-5-9-17(26-33-15-21(30)27-10-3-2-4-11-27)13-18-22(24(31)32-12-6-8-16)19(28)14-20(29)23(18)25;2*1-17-7-5-9-19(25-32-16-22(29)26-10-3-2-4-11-26)13-18-14-20(27)15-21(28)23(18)24(30)31-12-6-8-17/h2*5-6,8-9,14,16,28-29H,2-4,7,10-13,15H2,1H3;2*5-6,8-9,14-15,17,27-28H,2-4,7,10-13,16H2,1H3/b8-6+,9-5+,26-17+;8-6+,9-5+,26-17-;8-6+,9-5+,25-19+;8-6+,9-5+,25-19-. The van der Waals surface area contributed by atoms with Crippen LogP contribution in [0.25, 0.3) is 0 Å². The molecule has 0 radical (unpaired) electrons. The Kier molecular flexibility index (Phi) is 41.1. The summed E-state index contributed by atoms with van der Waals surface area (Å²) in [6.45, 7) is 13.4. The maximum atomic E-state index is 12.7. The molecule has 0 aromatic heterocycles. The van der Waals surface area contributed by atoms with Crippen molar-refractivity contribution >= 4 is 93.6 Å². The molecule has 8 N–H and O–H groups in total. The molecule has 32 nitrogen and oxygen atoms in total. The summed E-state index contributed by atoms with van der Waals surface area (Å²) in [6, 6.07) is 6.96. The lowest BCUT2D eigenvalue weighted by Crippen LogP contribution is -2.37. The van der Waals surface area contributed by atoms with Gasteiger partial charge in [0.1, 0.15) is 94.7 Å². The van der Waals surface area contributed by atoms with Gasteiger partial charge < -0.3 is 98.7 Å². The first-order valence-corrected chi connectivity index (χ1v) is 44.8. The maximum Gasteiger partial charge on any atom is 0.342 e. The van der Waals surface area contributed by atoms with Gasteiger partial charge in [0.2, 0.25) is 0 Å². The summed E-state index contributed by atoms with van der Waals surface area (Å²) in [5, 5.41) is 97.6. The number of phenols is 8. The monoisotopic (exact) mass is 1840 g/mol. The van der Waals surface area contributed by atoms with Crippen molar-refractivity contribution in [2.75, 3.05) is 105 Å². The van der Waals surface area contributed by atoms with E-state index in [4.69, 9.17) is 61.5 Å². The molecular weight excluding hydrogens is 1720 g/mol. The molecule has 4 atom stereocenters. The third-order valence-corrected chi connectivity index (χ3v) is 22.8. The van der Waals surface area contributed by atoms with Crippen LogP contribution in [-0.2, 0) is 83.2 Å². The molecule has 130 heavy (non-hydrogen) atoms. The zero-order chi connectivity index (χ0) is 93.4. The van der Waals surface area contributed by atoms with Crippen molar-refractivity contribution in [2.45, 2.75) is 156 Å². The number of piperidine rings is 4. The van der Waals surface area contributed by atoms with E-state index in [2.05, 4.69) is 20.6 Å². The fraction of sp³-hybridized carbons (Fsp3) is 0.458. The third-order valence-electron chi connectivity index (χ3n) is 22.0.